The molecule has 0 fully saturated rings. The Hall–Kier alpha value is -2.03. The molecule has 0 aromatic heterocycles. The average molecular weight is 783 g/mol. The fourth-order valence-electron chi connectivity index (χ4n) is 5.49. The molecule has 2 atom stereocenters. The third kappa shape index (κ3) is 39.7. The number of carbonyl (C=O) groups is 2. The molecule has 0 saturated heterocycles. The first-order valence-electron chi connectivity index (χ1n) is 21.4. The molecule has 0 rings (SSSR count). The fraction of sp³-hybridized carbons (Fsp3) is 0.773. The van der Waals surface area contributed by atoms with E-state index >= 15 is 0 Å². The van der Waals surface area contributed by atoms with Crippen LogP contribution in [0.3, 0.4) is 0 Å². The number of ether oxygens (including phenoxy) is 2. The molecule has 314 valence electrons. The topological polar surface area (TPSA) is 108 Å². The highest BCUT2D eigenvalue weighted by Gasteiger charge is 2.27. The minimum Gasteiger partial charge on any atom is -0.462 e. The number of hydrogen-bond donors (Lipinski definition) is 1. The maximum absolute atomic E-state index is 12.7. The summed E-state index contributed by atoms with van der Waals surface area (Å²) in [5.74, 6) is -0.826. The first-order chi connectivity index (χ1) is 26.0. The maximum Gasteiger partial charge on any atom is 0.472 e. The lowest BCUT2D eigenvalue weighted by molar-refractivity contribution is -0.870. The summed E-state index contributed by atoms with van der Waals surface area (Å²) in [4.78, 5) is 35.3. The van der Waals surface area contributed by atoms with Gasteiger partial charge in [0.25, 0.3) is 0 Å². The van der Waals surface area contributed by atoms with Gasteiger partial charge in [0.05, 0.1) is 27.7 Å². The molecule has 0 saturated carbocycles. The standard InChI is InChI=1S/C44H80NO8P/c1-6-8-10-12-14-16-18-20-22-24-26-28-30-32-34-36-43(46)50-40-42(41-52-54(48,49)51-39-38-45(3,4)5)53-44(47)37-35-33-31-29-27-25-23-21-19-17-15-13-11-9-7-2/h9,11,15-18,21,23,42H,6-8,10,12-14,19-20,22,24-41H2,1-5H3/p+1/b11-9+,17-15+,18-16+,23-21+/t42-/m1/s1. The number of allylic oxidation sites excluding steroid dienone is 8. The second-order valence-corrected chi connectivity index (χ2v) is 16.8. The van der Waals surface area contributed by atoms with Crippen molar-refractivity contribution in [3.63, 3.8) is 0 Å². The van der Waals surface area contributed by atoms with Crippen molar-refractivity contribution in [2.24, 2.45) is 0 Å². The minimum atomic E-state index is -4.38. The van der Waals surface area contributed by atoms with E-state index in [4.69, 9.17) is 18.5 Å². The fourth-order valence-corrected chi connectivity index (χ4v) is 6.23. The van der Waals surface area contributed by atoms with Crippen LogP contribution in [0.25, 0.3) is 0 Å². The number of esters is 2. The van der Waals surface area contributed by atoms with E-state index in [1.807, 2.05) is 21.1 Å². The van der Waals surface area contributed by atoms with Crippen molar-refractivity contribution < 1.29 is 42.1 Å². The van der Waals surface area contributed by atoms with Crippen molar-refractivity contribution in [1.82, 2.24) is 0 Å². The molecule has 0 radical (unpaired) electrons. The molecule has 54 heavy (non-hydrogen) atoms. The number of phosphoric ester groups is 1. The summed E-state index contributed by atoms with van der Waals surface area (Å²) >= 11 is 0. The van der Waals surface area contributed by atoms with Crippen LogP contribution in [0.4, 0.5) is 0 Å². The van der Waals surface area contributed by atoms with Gasteiger partial charge < -0.3 is 18.9 Å². The quantitative estimate of drug-likeness (QED) is 0.0217. The maximum atomic E-state index is 12.7. The lowest BCUT2D eigenvalue weighted by atomic mass is 10.1. The Bertz CT molecular complexity index is 1070. The zero-order valence-corrected chi connectivity index (χ0v) is 36.1. The third-order valence-corrected chi connectivity index (χ3v) is 9.83. The molecule has 10 heteroatoms. The van der Waals surface area contributed by atoms with Crippen molar-refractivity contribution in [3.05, 3.63) is 48.6 Å². The van der Waals surface area contributed by atoms with E-state index in [1.54, 1.807) is 0 Å². The number of quaternary nitrogens is 1. The molecule has 9 nitrogen and oxygen atoms in total. The highest BCUT2D eigenvalue weighted by molar-refractivity contribution is 7.47. The molecule has 0 aromatic carbocycles. The monoisotopic (exact) mass is 783 g/mol. The minimum absolute atomic E-state index is 0.0259. The third-order valence-electron chi connectivity index (χ3n) is 8.84. The largest absolute Gasteiger partial charge is 0.472 e. The zero-order valence-electron chi connectivity index (χ0n) is 35.2. The van der Waals surface area contributed by atoms with Crippen molar-refractivity contribution in [1.29, 1.82) is 0 Å². The van der Waals surface area contributed by atoms with E-state index in [2.05, 4.69) is 62.5 Å². The van der Waals surface area contributed by atoms with Crippen LogP contribution in [0.2, 0.25) is 0 Å². The summed E-state index contributed by atoms with van der Waals surface area (Å²) in [7, 11) is 1.46. The molecule has 0 bridgehead atoms. The molecular formula is C44H81NO8P+. The van der Waals surface area contributed by atoms with Crippen LogP contribution < -0.4 is 0 Å². The first-order valence-corrected chi connectivity index (χ1v) is 22.9. The number of unbranched alkanes of at least 4 members (excludes halogenated alkanes) is 16. The number of hydrogen-bond acceptors (Lipinski definition) is 7. The van der Waals surface area contributed by atoms with Gasteiger partial charge in [0.2, 0.25) is 0 Å². The van der Waals surface area contributed by atoms with Crippen molar-refractivity contribution in [3.8, 4) is 0 Å². The number of nitrogens with zero attached hydrogens (tertiary/aromatic N) is 1. The molecule has 1 N–H and O–H groups in total. The van der Waals surface area contributed by atoms with E-state index in [1.165, 1.54) is 51.4 Å². The van der Waals surface area contributed by atoms with Crippen LogP contribution in [-0.4, -0.2) is 74.9 Å². The highest BCUT2D eigenvalue weighted by Crippen LogP contribution is 2.43. The first kappa shape index (κ1) is 52.0. The van der Waals surface area contributed by atoms with Gasteiger partial charge in [-0.3, -0.25) is 18.6 Å². The van der Waals surface area contributed by atoms with Crippen LogP contribution in [0.1, 0.15) is 168 Å². The highest BCUT2D eigenvalue weighted by atomic mass is 31.2. The summed E-state index contributed by atoms with van der Waals surface area (Å²) in [5.41, 5.74) is 0. The van der Waals surface area contributed by atoms with Crippen LogP contribution in [0.5, 0.6) is 0 Å². The van der Waals surface area contributed by atoms with E-state index in [0.29, 0.717) is 17.4 Å². The number of carbonyl (C=O) groups excluding carboxylic acids is 2. The molecule has 1 unspecified atom stereocenters. The average Bonchev–Trinajstić information content (AvgIpc) is 3.12. The Morgan fingerprint density at radius 3 is 1.59 bits per heavy atom. The summed E-state index contributed by atoms with van der Waals surface area (Å²) in [6, 6.07) is 0. The van der Waals surface area contributed by atoms with Gasteiger partial charge in [-0.05, 0) is 70.6 Å². The number of rotatable bonds is 38. The van der Waals surface area contributed by atoms with E-state index in [-0.39, 0.29) is 32.0 Å². The molecule has 0 amide bonds. The summed E-state index contributed by atoms with van der Waals surface area (Å²) in [5, 5.41) is 0. The molecule has 0 aliphatic rings. The van der Waals surface area contributed by atoms with Crippen LogP contribution in [-0.2, 0) is 32.7 Å². The zero-order chi connectivity index (χ0) is 40.0. The molecular weight excluding hydrogens is 701 g/mol. The predicted octanol–water partition coefficient (Wildman–Crippen LogP) is 11.9. The normalized spacial score (nSPS) is 14.1. The molecule has 0 aliphatic carbocycles. The number of likely N-dealkylation sites (N-methyl/N-ethyl adjacent to an activating group) is 1. The Morgan fingerprint density at radius 2 is 1.06 bits per heavy atom. The van der Waals surface area contributed by atoms with E-state index < -0.39 is 26.5 Å². The Morgan fingerprint density at radius 1 is 0.593 bits per heavy atom. The van der Waals surface area contributed by atoms with Crippen LogP contribution >= 0.6 is 7.82 Å². The molecule has 0 heterocycles. The summed E-state index contributed by atoms with van der Waals surface area (Å²) in [6.45, 7) is 4.26. The van der Waals surface area contributed by atoms with Crippen LogP contribution in [0, 0.1) is 0 Å². The predicted molar refractivity (Wildman–Crippen MR) is 224 cm³/mol. The van der Waals surface area contributed by atoms with Gasteiger partial charge >= 0.3 is 19.8 Å². The van der Waals surface area contributed by atoms with Gasteiger partial charge in [-0.25, -0.2) is 4.57 Å². The van der Waals surface area contributed by atoms with Gasteiger partial charge in [0, 0.05) is 12.8 Å². The van der Waals surface area contributed by atoms with E-state index in [0.717, 1.165) is 83.5 Å². The SMILES string of the molecule is CC/C=C/C/C=C/C/C=C/CCCCCCCC(=O)O[C@H](COC(=O)CCCCCCCCC/C=C/CCCCCC)COP(=O)(O)OCC[N+](C)(C)C. The van der Waals surface area contributed by atoms with Gasteiger partial charge in [0.15, 0.2) is 6.10 Å². The van der Waals surface area contributed by atoms with Crippen molar-refractivity contribution >= 4 is 19.8 Å². The summed E-state index contributed by atoms with van der Waals surface area (Å²) in [6.07, 6.45) is 41.5. The lowest BCUT2D eigenvalue weighted by Crippen LogP contribution is -2.37. The van der Waals surface area contributed by atoms with Gasteiger partial charge in [0.1, 0.15) is 19.8 Å². The van der Waals surface area contributed by atoms with Gasteiger partial charge in [-0.15, -0.1) is 0 Å². The molecule has 0 spiro atoms. The Labute approximate surface area is 331 Å². The second kappa shape index (κ2) is 36.6. The second-order valence-electron chi connectivity index (χ2n) is 15.3. The smallest absolute Gasteiger partial charge is 0.462 e. The van der Waals surface area contributed by atoms with E-state index in [9.17, 15) is 19.0 Å². The van der Waals surface area contributed by atoms with Gasteiger partial charge in [-0.2, -0.15) is 0 Å². The summed E-state index contributed by atoms with van der Waals surface area (Å²) < 4.78 is 34.2. The lowest BCUT2D eigenvalue weighted by Gasteiger charge is -2.24. The van der Waals surface area contributed by atoms with Crippen molar-refractivity contribution in [2.45, 2.75) is 174 Å². The molecule has 0 aliphatic heterocycles. The van der Waals surface area contributed by atoms with Crippen molar-refractivity contribution in [2.75, 3.05) is 47.5 Å². The van der Waals surface area contributed by atoms with Gasteiger partial charge in [-0.1, -0.05) is 133 Å². The Kier molecular flexibility index (Phi) is 35.2. The number of phosphoric acid groups is 1. The van der Waals surface area contributed by atoms with Crippen LogP contribution in [0.15, 0.2) is 48.6 Å². The Balaban J connectivity index is 4.41. The molecule has 0 aromatic rings.